The normalized spacial score (nSPS) is 10.8. The Kier molecular flexibility index (Phi) is 3.57. The summed E-state index contributed by atoms with van der Waals surface area (Å²) < 4.78 is 14.4. The minimum atomic E-state index is -1.24. The first-order chi connectivity index (χ1) is 8.90. The van der Waals surface area contributed by atoms with Gasteiger partial charge in [0.1, 0.15) is 11.5 Å². The molecule has 1 heterocycles. The third-order valence-electron chi connectivity index (χ3n) is 2.72. The van der Waals surface area contributed by atoms with E-state index in [1.807, 2.05) is 0 Å². The van der Waals surface area contributed by atoms with E-state index in [1.165, 1.54) is 6.07 Å². The molecule has 0 amide bonds. The summed E-state index contributed by atoms with van der Waals surface area (Å²) in [5, 5.41) is 17.9. The zero-order valence-electron chi connectivity index (χ0n) is 9.54. The smallest absolute Gasteiger partial charge is 0.352 e. The van der Waals surface area contributed by atoms with E-state index in [0.29, 0.717) is 9.99 Å². The van der Waals surface area contributed by atoms with Crippen LogP contribution in [-0.4, -0.2) is 27.1 Å². The molecule has 0 fully saturated rings. The Morgan fingerprint density at radius 1 is 1.32 bits per heavy atom. The van der Waals surface area contributed by atoms with Crippen molar-refractivity contribution in [2.24, 2.45) is 0 Å². The molecule has 2 aromatic rings. The molecule has 0 aliphatic carbocycles. The number of carboxylic acid groups (broad SMARTS) is 2. The van der Waals surface area contributed by atoms with Gasteiger partial charge < -0.3 is 15.2 Å². The maximum atomic E-state index is 13.9. The molecular weight excluding hydrogens is 321 g/mol. The van der Waals surface area contributed by atoms with Gasteiger partial charge in [0.05, 0.1) is 5.52 Å². The van der Waals surface area contributed by atoms with E-state index in [2.05, 4.69) is 20.9 Å². The van der Waals surface area contributed by atoms with Gasteiger partial charge in [-0.25, -0.2) is 9.18 Å². The third kappa shape index (κ3) is 2.60. The van der Waals surface area contributed by atoms with Gasteiger partial charge in [-0.3, -0.25) is 4.79 Å². The van der Waals surface area contributed by atoms with Gasteiger partial charge in [-0.15, -0.1) is 0 Å². The maximum absolute atomic E-state index is 13.9. The van der Waals surface area contributed by atoms with Crippen molar-refractivity contribution in [1.29, 1.82) is 0 Å². The molecule has 0 radical (unpaired) electrons. The number of carbonyl (C=O) groups is 2. The molecule has 0 atom stereocenters. The quantitative estimate of drug-likeness (QED) is 0.804. The number of fused-ring (bicyclic) bond motifs is 1. The molecule has 19 heavy (non-hydrogen) atoms. The van der Waals surface area contributed by atoms with Crippen molar-refractivity contribution in [3.8, 4) is 0 Å². The average molecular weight is 330 g/mol. The third-order valence-corrected chi connectivity index (χ3v) is 3.18. The van der Waals surface area contributed by atoms with Crippen molar-refractivity contribution in [2.75, 3.05) is 0 Å². The van der Waals surface area contributed by atoms with E-state index >= 15 is 0 Å². The first kappa shape index (κ1) is 13.5. The minimum absolute atomic E-state index is 0.0461. The number of rotatable bonds is 4. The lowest BCUT2D eigenvalue weighted by Crippen LogP contribution is -2.04. The topological polar surface area (TPSA) is 90.4 Å². The molecule has 0 aliphatic heterocycles. The average Bonchev–Trinajstić information content (AvgIpc) is 2.64. The fraction of sp³-hybridized carbons (Fsp3) is 0.167. The fourth-order valence-corrected chi connectivity index (χ4v) is 2.41. The zero-order chi connectivity index (χ0) is 14.2. The van der Waals surface area contributed by atoms with E-state index in [1.54, 1.807) is 6.07 Å². The van der Waals surface area contributed by atoms with Crippen molar-refractivity contribution in [1.82, 2.24) is 4.98 Å². The van der Waals surface area contributed by atoms with Gasteiger partial charge in [-0.1, -0.05) is 15.9 Å². The van der Waals surface area contributed by atoms with Gasteiger partial charge in [0.15, 0.2) is 0 Å². The second-order valence-electron chi connectivity index (χ2n) is 3.99. The number of aliphatic carboxylic acids is 1. The second kappa shape index (κ2) is 5.00. The molecule has 5 nitrogen and oxygen atoms in total. The summed E-state index contributed by atoms with van der Waals surface area (Å²) in [4.78, 5) is 24.3. The van der Waals surface area contributed by atoms with Crippen LogP contribution in [-0.2, 0) is 11.2 Å². The number of aromatic carboxylic acids is 1. The van der Waals surface area contributed by atoms with E-state index < -0.39 is 17.8 Å². The van der Waals surface area contributed by atoms with Crippen LogP contribution >= 0.6 is 15.9 Å². The number of aryl methyl sites for hydroxylation is 1. The van der Waals surface area contributed by atoms with Crippen molar-refractivity contribution in [3.63, 3.8) is 0 Å². The van der Waals surface area contributed by atoms with E-state index in [9.17, 15) is 14.0 Å². The Labute approximate surface area is 115 Å². The van der Waals surface area contributed by atoms with Crippen LogP contribution in [0.4, 0.5) is 4.39 Å². The summed E-state index contributed by atoms with van der Waals surface area (Å²) >= 11 is 3.11. The maximum Gasteiger partial charge on any atom is 0.352 e. The number of nitrogens with one attached hydrogen (secondary N) is 1. The molecule has 0 saturated carbocycles. The lowest BCUT2D eigenvalue weighted by Gasteiger charge is -2.01. The molecule has 2 rings (SSSR count). The van der Waals surface area contributed by atoms with Crippen molar-refractivity contribution in [3.05, 3.63) is 33.7 Å². The number of aromatic nitrogens is 1. The highest BCUT2D eigenvalue weighted by Gasteiger charge is 2.20. The first-order valence-electron chi connectivity index (χ1n) is 5.35. The van der Waals surface area contributed by atoms with Crippen molar-refractivity contribution < 1.29 is 24.2 Å². The molecule has 7 heteroatoms. The number of halogens is 2. The zero-order valence-corrected chi connectivity index (χ0v) is 11.1. The Morgan fingerprint density at radius 2 is 2.00 bits per heavy atom. The van der Waals surface area contributed by atoms with Crippen LogP contribution in [0.25, 0.3) is 10.9 Å². The number of benzene rings is 1. The summed E-state index contributed by atoms with van der Waals surface area (Å²) in [5.74, 6) is -2.90. The van der Waals surface area contributed by atoms with Crippen LogP contribution in [0.3, 0.4) is 0 Å². The van der Waals surface area contributed by atoms with Crippen LogP contribution in [0.2, 0.25) is 0 Å². The van der Waals surface area contributed by atoms with Gasteiger partial charge in [0.2, 0.25) is 0 Å². The molecule has 3 N–H and O–H groups in total. The Bertz CT molecular complexity index is 680. The van der Waals surface area contributed by atoms with Crippen LogP contribution in [0.1, 0.15) is 22.5 Å². The second-order valence-corrected chi connectivity index (χ2v) is 4.90. The molecule has 1 aromatic carbocycles. The predicted octanol–water partition coefficient (Wildman–Crippen LogP) is 2.78. The molecule has 0 unspecified atom stereocenters. The van der Waals surface area contributed by atoms with Gasteiger partial charge >= 0.3 is 11.9 Å². The highest BCUT2D eigenvalue weighted by Crippen LogP contribution is 2.29. The summed E-state index contributed by atoms with van der Waals surface area (Å²) in [6.45, 7) is 0. The molecule has 100 valence electrons. The van der Waals surface area contributed by atoms with Crippen LogP contribution in [0.15, 0.2) is 16.6 Å². The van der Waals surface area contributed by atoms with E-state index in [-0.39, 0.29) is 29.5 Å². The lowest BCUT2D eigenvalue weighted by molar-refractivity contribution is -0.136. The summed E-state index contributed by atoms with van der Waals surface area (Å²) in [6.07, 6.45) is -0.307. The minimum Gasteiger partial charge on any atom is -0.481 e. The molecule has 0 saturated heterocycles. The fourth-order valence-electron chi connectivity index (χ4n) is 1.98. The van der Waals surface area contributed by atoms with Crippen LogP contribution in [0.5, 0.6) is 0 Å². The number of aromatic amines is 1. The SMILES string of the molecule is O=C(O)CCc1c(C(=O)O)[nH]c2cc(Br)cc(F)c12. The van der Waals surface area contributed by atoms with Crippen molar-refractivity contribution >= 4 is 38.8 Å². The molecule has 0 spiro atoms. The number of hydrogen-bond donors (Lipinski definition) is 3. The van der Waals surface area contributed by atoms with Crippen LogP contribution < -0.4 is 0 Å². The van der Waals surface area contributed by atoms with Crippen LogP contribution in [0, 0.1) is 5.82 Å². The number of carboxylic acids is 2. The Balaban J connectivity index is 2.65. The van der Waals surface area contributed by atoms with Crippen molar-refractivity contribution in [2.45, 2.75) is 12.8 Å². The standard InChI is InChI=1S/C12H9BrFNO4/c13-5-3-7(14)10-6(1-2-9(16)17)11(12(18)19)15-8(10)4-5/h3-4,15H,1-2H2,(H,16,17)(H,18,19). The molecular formula is C12H9BrFNO4. The summed E-state index contributed by atoms with van der Waals surface area (Å²) in [7, 11) is 0. The van der Waals surface area contributed by atoms with E-state index in [0.717, 1.165) is 0 Å². The van der Waals surface area contributed by atoms with E-state index in [4.69, 9.17) is 10.2 Å². The first-order valence-corrected chi connectivity index (χ1v) is 6.14. The monoisotopic (exact) mass is 329 g/mol. The largest absolute Gasteiger partial charge is 0.481 e. The predicted molar refractivity (Wildman–Crippen MR) is 68.9 cm³/mol. The summed E-state index contributed by atoms with van der Waals surface area (Å²) in [6, 6.07) is 2.77. The highest BCUT2D eigenvalue weighted by molar-refractivity contribution is 9.10. The summed E-state index contributed by atoms with van der Waals surface area (Å²) in [5.41, 5.74) is 0.327. The lowest BCUT2D eigenvalue weighted by atomic mass is 10.0. The molecule has 0 bridgehead atoms. The molecule has 1 aromatic heterocycles. The number of H-pyrrole nitrogens is 1. The Hall–Kier alpha value is -1.89. The van der Waals surface area contributed by atoms with Gasteiger partial charge in [0.25, 0.3) is 0 Å². The van der Waals surface area contributed by atoms with Gasteiger partial charge in [-0.05, 0) is 24.1 Å². The highest BCUT2D eigenvalue weighted by atomic mass is 79.9. The molecule has 0 aliphatic rings. The number of hydrogen-bond acceptors (Lipinski definition) is 2. The van der Waals surface area contributed by atoms with Gasteiger partial charge in [0, 0.05) is 16.3 Å². The Morgan fingerprint density at radius 3 is 2.58 bits per heavy atom. The van der Waals surface area contributed by atoms with Gasteiger partial charge in [-0.2, -0.15) is 0 Å².